The van der Waals surface area contributed by atoms with Crippen LogP contribution in [-0.4, -0.2) is 299 Å². The Morgan fingerprint density at radius 2 is 0.810 bits per heavy atom. The third-order valence-corrected chi connectivity index (χ3v) is 16.3. The number of Topliss-reactive ketones (excluding diaryl/α,β-unsaturated/α-hetero) is 3. The number of nitrogens with one attached hydrogen (secondary N) is 3. The summed E-state index contributed by atoms with van der Waals surface area (Å²) in [5.41, 5.74) is -2.71. The smallest absolute Gasteiger partial charge is 0.295 e. The first kappa shape index (κ1) is 39.5. The van der Waals surface area contributed by atoms with Gasteiger partial charge in [0, 0.05) is 128 Å². The van der Waals surface area contributed by atoms with Crippen LogP contribution < -0.4 is 28.9 Å². The second-order valence-electron chi connectivity index (χ2n) is 23.2. The Balaban J connectivity index is 0.000000168. The quantitative estimate of drug-likeness (QED) is 0.0813. The van der Waals surface area contributed by atoms with Crippen LogP contribution in [0.1, 0.15) is 119 Å². The van der Waals surface area contributed by atoms with Crippen LogP contribution in [0.4, 0.5) is 17.8 Å². The van der Waals surface area contributed by atoms with Crippen molar-refractivity contribution in [2.24, 2.45) is 0 Å². The molecule has 3 aliphatic rings. The molecule has 0 atom stereocenters. The average Bonchev–Trinajstić information content (AvgIpc) is 1.61. The molecule has 3 fully saturated rings. The van der Waals surface area contributed by atoms with Crippen molar-refractivity contribution in [3.63, 3.8) is 0 Å². The van der Waals surface area contributed by atoms with Gasteiger partial charge in [0.15, 0.2) is 34.9 Å². The van der Waals surface area contributed by atoms with Crippen molar-refractivity contribution in [1.29, 1.82) is 0 Å². The van der Waals surface area contributed by atoms with Crippen molar-refractivity contribution in [3.8, 4) is 52.2 Å². The standard InChI is InChI=1S/2C24H24N12O3.C23H22N12O3/c2*1-14-4-5-18(25-10-14)36-24(29-31-32-36)34-8-6-33(7-9-34)23(38)21(37)16-11-26-20-19(16)17(39-3)12-27-22(20)35-13-28-15(2)30-35;1-14-27-13-34(29-14)21-19-18(16(38-2)12-26-21)15(11-25-19)20(36)22(37)32-7-9-33(10-8-32)23-28-30-31-35(23)17-5-3-4-6-24-17/h2*4-5,10-13,26H,6-9H2,1-3H3;3-6,11-13,25H,7-10H2,1-2H3/i2D3,3D3,4D,5D,6D2,7D2,8D2,9D2,10D,13D;2D3,3D3,4D,5D,10D,13D;1D3,2D3,7D2,8D2,9D2,10D2,13D. The summed E-state index contributed by atoms with van der Waals surface area (Å²) >= 11 is 0. The molecule has 18 rings (SSSR count). The van der Waals surface area contributed by atoms with Crippen LogP contribution >= 0.6 is 0 Å². The van der Waals surface area contributed by atoms with Crippen molar-refractivity contribution in [3.05, 3.63) is 162 Å². The molecule has 0 radical (unpaired) electrons. The van der Waals surface area contributed by atoms with Crippen LogP contribution in [0.25, 0.3) is 67.6 Å². The zero-order chi connectivity index (χ0) is 118. The van der Waals surface area contributed by atoms with Gasteiger partial charge in [-0.2, -0.15) is 29.3 Å². The normalized spacial score (nSPS) is 23.3. The number of methoxy groups -OCH3 is 3. The monoisotopic (exact) mass is 1610 g/mol. The zero-order valence-electron chi connectivity index (χ0n) is 101. The summed E-state index contributed by atoms with van der Waals surface area (Å²) in [5.74, 6) is -18.0. The lowest BCUT2D eigenvalue weighted by molar-refractivity contribution is -0.127. The van der Waals surface area contributed by atoms with E-state index in [1.54, 1.807) is 4.90 Å². The van der Waals surface area contributed by atoms with E-state index in [9.17, 15) is 28.8 Å². The van der Waals surface area contributed by atoms with Gasteiger partial charge < -0.3 is 58.6 Å². The fraction of sp³-hybridized carbons (Fsp3) is 0.282. The fourth-order valence-corrected chi connectivity index (χ4v) is 11.1. The van der Waals surface area contributed by atoms with E-state index in [2.05, 4.69) is 122 Å². The molecule has 588 valence electrons. The van der Waals surface area contributed by atoms with E-state index in [0.29, 0.717) is 24.9 Å². The molecular formula is C71H70N36O9. The second kappa shape index (κ2) is 31.6. The molecule has 0 spiro atoms. The van der Waals surface area contributed by atoms with Crippen LogP contribution in [0.15, 0.2) is 117 Å². The summed E-state index contributed by atoms with van der Waals surface area (Å²) < 4.78 is 369. The number of amides is 3. The summed E-state index contributed by atoms with van der Waals surface area (Å²) in [6, 6.07) is 2.56. The fourth-order valence-electron chi connectivity index (χ4n) is 11.1. The first-order valence-electron chi connectivity index (χ1n) is 53.8. The number of carbonyl (C=O) groups is 6. The maximum atomic E-state index is 14.1. The number of aryl methyl sites for hydroxylation is 3. The van der Waals surface area contributed by atoms with E-state index >= 15 is 0 Å². The largest absolute Gasteiger partial charge is 0.494 e. The number of carbonyl (C=O) groups excluding carboxylic acids is 6. The lowest BCUT2D eigenvalue weighted by Gasteiger charge is -2.34. The summed E-state index contributed by atoms with van der Waals surface area (Å²) in [7, 11) is -9.43. The van der Waals surface area contributed by atoms with E-state index in [1.807, 2.05) is 0 Å². The van der Waals surface area contributed by atoms with Gasteiger partial charge in [-0.3, -0.25) is 28.8 Å². The van der Waals surface area contributed by atoms with Crippen molar-refractivity contribution in [2.45, 2.75) is 34.4 Å². The minimum atomic E-state index is -4.04. The lowest BCUT2D eigenvalue weighted by Crippen LogP contribution is -2.51. The Morgan fingerprint density at radius 1 is 0.431 bits per heavy atom. The van der Waals surface area contributed by atoms with Crippen molar-refractivity contribution >= 4 is 85.6 Å². The number of fused-ring (bicyclic) bond motifs is 3. The number of rotatable bonds is 18. The van der Waals surface area contributed by atoms with Gasteiger partial charge in [-0.25, -0.2) is 58.9 Å². The first-order chi connectivity index (χ1) is 73.3. The van der Waals surface area contributed by atoms with Crippen LogP contribution in [0, 0.1) is 34.4 Å². The number of aromatic nitrogens is 30. The predicted octanol–water partition coefficient (Wildman–Crippen LogP) is 1.71. The molecule has 0 saturated carbocycles. The third kappa shape index (κ3) is 14.3. The van der Waals surface area contributed by atoms with E-state index < -0.39 is 261 Å². The summed E-state index contributed by atoms with van der Waals surface area (Å²) in [4.78, 5) is 127. The highest BCUT2D eigenvalue weighted by Gasteiger charge is 2.36. The molecule has 3 saturated heterocycles. The van der Waals surface area contributed by atoms with Gasteiger partial charge in [-0.1, -0.05) is 33.4 Å². The van der Waals surface area contributed by atoms with E-state index in [1.165, 1.54) is 43.1 Å². The Bertz CT molecular complexity index is 8280. The average molecular weight is 1610 g/mol. The summed E-state index contributed by atoms with van der Waals surface area (Å²) in [6.45, 7) is -36.6. The van der Waals surface area contributed by atoms with Crippen LogP contribution in [-0.2, 0) is 14.4 Å². The Hall–Kier alpha value is -15.6. The van der Waals surface area contributed by atoms with Gasteiger partial charge in [0.25, 0.3) is 52.9 Å². The number of nitrogens with zero attached hydrogens (tertiary/aromatic N) is 33. The molecule has 15 aromatic heterocycles. The number of aromatic amines is 3. The number of H-pyrrole nitrogens is 3. The molecule has 45 nitrogen and oxygen atoms in total. The summed E-state index contributed by atoms with van der Waals surface area (Å²) in [5, 5.41) is 42.5. The molecule has 3 aliphatic heterocycles. The number of piperazine rings is 3. The highest BCUT2D eigenvalue weighted by atomic mass is 16.5. The maximum Gasteiger partial charge on any atom is 0.295 e. The molecular weight excluding hydrogens is 1500 g/mol. The number of pyridine rings is 6. The second-order valence-corrected chi connectivity index (χ2v) is 23.2. The van der Waals surface area contributed by atoms with E-state index in [4.69, 9.17) is 73.2 Å². The number of hydrogen-bond acceptors (Lipinski definition) is 33. The lowest BCUT2D eigenvalue weighted by atomic mass is 10.1. The molecule has 3 N–H and O–H groups in total. The molecule has 15 aromatic rings. The van der Waals surface area contributed by atoms with E-state index in [0.717, 1.165) is 40.3 Å². The minimum Gasteiger partial charge on any atom is -0.494 e. The highest BCUT2D eigenvalue weighted by Crippen LogP contribution is 2.36. The van der Waals surface area contributed by atoms with Gasteiger partial charge in [0.05, 0.1) is 132 Å². The Kier molecular flexibility index (Phi) is 10.8. The predicted molar refractivity (Wildman–Crippen MR) is 407 cm³/mol. The van der Waals surface area contributed by atoms with Gasteiger partial charge in [-0.05, 0) is 101 Å². The molecule has 3 amide bonds. The van der Waals surface area contributed by atoms with Crippen LogP contribution in [0.2, 0.25) is 0 Å². The van der Waals surface area contributed by atoms with Gasteiger partial charge in [-0.15, -0.1) is 0 Å². The number of ether oxygens (including phenoxy) is 3. The number of ketones is 3. The molecule has 0 bridgehead atoms. The van der Waals surface area contributed by atoms with Gasteiger partial charge in [0.1, 0.15) is 57.7 Å². The molecule has 18 heterocycles. The van der Waals surface area contributed by atoms with E-state index in [-0.39, 0.29) is 116 Å². The van der Waals surface area contributed by atoms with Gasteiger partial charge >= 0.3 is 0 Å². The highest BCUT2D eigenvalue weighted by molar-refractivity contribution is 6.46. The van der Waals surface area contributed by atoms with Crippen LogP contribution in [0.5, 0.6) is 17.2 Å². The number of anilines is 3. The summed E-state index contributed by atoms with van der Waals surface area (Å²) in [6.07, 6.45) is 3.38. The topological polar surface area (TPSA) is 497 Å². The third-order valence-electron chi connectivity index (χ3n) is 16.3. The first-order valence-corrected chi connectivity index (χ1v) is 32.3. The minimum absolute atomic E-state index is 0.0206. The van der Waals surface area contributed by atoms with Crippen molar-refractivity contribution < 1.29 is 102 Å². The van der Waals surface area contributed by atoms with Gasteiger partial charge in [0.2, 0.25) is 0 Å². The molecule has 45 heteroatoms. The number of hydrogen-bond donors (Lipinski definition) is 3. The molecule has 116 heavy (non-hydrogen) atoms. The molecule has 0 aromatic carbocycles. The SMILES string of the molecule is [2H]c1nc(-n2nnnc2N2C([2H])([2H])C([2H])([2H])N(C(=O)C(=O)c3c[nH]c4c(-n5nc(C([2H])([2H])[2H])nc5[2H])ncc(OC([2H])([2H])[2H])c34)C([2H])([2H])C2([2H])[2H])c([2H])c([2H])c1C.[2H]c1nc(-n2nnnc2N2CCN(C(=O)C(=O)c3c[nH]c4c(-n5nc(C([2H])([2H])[2H])nc5[2H])ncc(OC([2H])([2H])[2H])c34)CC2)c([2H])c([2H])c1C.[2H]c1nc(C([2H])([2H])[2H])nn1-c1ncc(OC([2H])([2H])[2H])c2c(C(=O)C(=O)N3C([2H])([2H])C([2H])([2H])N(c4nnnn4-c4ccccn4)C([2H])([2H])C3([2H])[2H])c[nH]c12. The van der Waals surface area contributed by atoms with Crippen molar-refractivity contribution in [1.82, 2.24) is 164 Å². The molecule has 0 aliphatic carbocycles. The number of tetrazole rings is 3. The Morgan fingerprint density at radius 3 is 1.17 bits per heavy atom. The Labute approximate surface area is 714 Å². The zero-order valence-corrected chi connectivity index (χ0v) is 58.0. The van der Waals surface area contributed by atoms with Crippen molar-refractivity contribution in [2.75, 3.05) is 114 Å². The maximum absolute atomic E-state index is 14.1. The molecule has 0 unspecified atom stereocenters. The van der Waals surface area contributed by atoms with Crippen LogP contribution in [0.3, 0.4) is 0 Å².